The van der Waals surface area contributed by atoms with Crippen molar-refractivity contribution in [2.24, 2.45) is 0 Å². The molecule has 37 heavy (non-hydrogen) atoms. The molecular weight excluding hydrogens is 497 g/mol. The van der Waals surface area contributed by atoms with Crippen molar-refractivity contribution in [3.8, 4) is 5.75 Å². The zero-order valence-electron chi connectivity index (χ0n) is 20.3. The minimum atomic E-state index is -4.80. The minimum Gasteiger partial charge on any atom is -0.492 e. The third-order valence-electron chi connectivity index (χ3n) is 7.31. The molecule has 2 heterocycles. The van der Waals surface area contributed by atoms with E-state index in [1.54, 1.807) is 6.92 Å². The van der Waals surface area contributed by atoms with Gasteiger partial charge >= 0.3 is 6.18 Å². The lowest BCUT2D eigenvalue weighted by molar-refractivity contribution is -0.136. The van der Waals surface area contributed by atoms with Gasteiger partial charge < -0.3 is 20.3 Å². The van der Waals surface area contributed by atoms with Gasteiger partial charge in [0.25, 0.3) is 0 Å². The average molecular weight is 526 g/mol. The predicted octanol–water partition coefficient (Wildman–Crippen LogP) is 4.83. The molecule has 6 nitrogen and oxygen atoms in total. The Balaban J connectivity index is 1.40. The van der Waals surface area contributed by atoms with Crippen LogP contribution in [0, 0.1) is 11.8 Å². The molecule has 0 radical (unpaired) electrons. The van der Waals surface area contributed by atoms with Gasteiger partial charge in [-0.25, -0.2) is 4.39 Å². The van der Waals surface area contributed by atoms with Crippen LogP contribution >= 0.6 is 0 Å². The van der Waals surface area contributed by atoms with E-state index in [-0.39, 0.29) is 48.6 Å². The Hall–Kier alpha value is -2.76. The Morgan fingerprint density at radius 2 is 1.76 bits per heavy atom. The van der Waals surface area contributed by atoms with Crippen LogP contribution in [0.25, 0.3) is 10.9 Å². The number of hydrogen-bond donors (Lipinski definition) is 3. The molecule has 3 N–H and O–H groups in total. The molecule has 1 saturated heterocycles. The number of aromatic nitrogens is 2. The SMILES string of the molecule is CC1CC(O)(c2ccc(F)cc2)CC(COc2cc(C(F)(F)F)c3c(c2)c(F)nn3C2CC(C)(O)C2)N1. The van der Waals surface area contributed by atoms with E-state index in [9.17, 15) is 32.2 Å². The zero-order chi connectivity index (χ0) is 26.8. The van der Waals surface area contributed by atoms with Crippen LogP contribution < -0.4 is 10.1 Å². The number of rotatable bonds is 5. The van der Waals surface area contributed by atoms with Crippen LogP contribution in [0.15, 0.2) is 36.4 Å². The third-order valence-corrected chi connectivity index (χ3v) is 7.31. The number of benzene rings is 2. The number of alkyl halides is 3. The first-order valence-electron chi connectivity index (χ1n) is 12.1. The highest BCUT2D eigenvalue weighted by Crippen LogP contribution is 2.45. The van der Waals surface area contributed by atoms with Gasteiger partial charge in [0.15, 0.2) is 0 Å². The maximum absolute atomic E-state index is 14.7. The maximum Gasteiger partial charge on any atom is 0.418 e. The summed E-state index contributed by atoms with van der Waals surface area (Å²) in [5, 5.41) is 28.0. The molecule has 3 unspecified atom stereocenters. The zero-order valence-corrected chi connectivity index (χ0v) is 20.3. The highest BCUT2D eigenvalue weighted by atomic mass is 19.4. The van der Waals surface area contributed by atoms with Crippen molar-refractivity contribution < 1.29 is 36.9 Å². The molecule has 0 amide bonds. The highest BCUT2D eigenvalue weighted by molar-refractivity contribution is 5.85. The second kappa shape index (κ2) is 8.92. The summed E-state index contributed by atoms with van der Waals surface area (Å²) >= 11 is 0. The Morgan fingerprint density at radius 1 is 1.08 bits per heavy atom. The number of aliphatic hydroxyl groups is 2. The van der Waals surface area contributed by atoms with Gasteiger partial charge in [0.05, 0.1) is 33.7 Å². The van der Waals surface area contributed by atoms with Gasteiger partial charge in [0.1, 0.15) is 18.2 Å². The Labute approximate surface area is 210 Å². The monoisotopic (exact) mass is 525 g/mol. The van der Waals surface area contributed by atoms with Crippen molar-refractivity contribution in [3.63, 3.8) is 0 Å². The summed E-state index contributed by atoms with van der Waals surface area (Å²) in [6.07, 6.45) is -3.92. The van der Waals surface area contributed by atoms with E-state index < -0.39 is 46.8 Å². The van der Waals surface area contributed by atoms with Crippen molar-refractivity contribution in [2.45, 2.75) is 75.0 Å². The molecule has 0 bridgehead atoms. The van der Waals surface area contributed by atoms with Gasteiger partial charge in [0.2, 0.25) is 5.95 Å². The fraction of sp³-hybridized carbons (Fsp3) is 0.500. The van der Waals surface area contributed by atoms with Crippen molar-refractivity contribution in [1.82, 2.24) is 15.1 Å². The van der Waals surface area contributed by atoms with Crippen LogP contribution in [0.5, 0.6) is 5.75 Å². The van der Waals surface area contributed by atoms with E-state index in [1.807, 2.05) is 6.92 Å². The van der Waals surface area contributed by atoms with E-state index in [4.69, 9.17) is 4.74 Å². The average Bonchev–Trinajstić information content (AvgIpc) is 3.10. The van der Waals surface area contributed by atoms with Gasteiger partial charge in [-0.1, -0.05) is 12.1 Å². The molecule has 0 spiro atoms. The summed E-state index contributed by atoms with van der Waals surface area (Å²) in [6, 6.07) is 6.43. The van der Waals surface area contributed by atoms with E-state index in [0.717, 1.165) is 10.7 Å². The van der Waals surface area contributed by atoms with Crippen molar-refractivity contribution in [2.75, 3.05) is 6.61 Å². The summed E-state index contributed by atoms with van der Waals surface area (Å²) in [4.78, 5) is 0. The molecule has 1 saturated carbocycles. The standard InChI is InChI=1S/C26H28F5N3O3/c1-14-9-25(36,15-3-5-16(27)6-4-15)10-17(32-14)13-37-19-7-20-22(21(8-19)26(29,30)31)34(33-23(20)28)18-11-24(2,35)12-18/h3-8,14,17-18,32,35-36H,9-13H2,1-2H3. The molecule has 200 valence electrons. The molecule has 11 heteroatoms. The van der Waals surface area contributed by atoms with E-state index in [2.05, 4.69) is 10.4 Å². The molecular formula is C26H28F5N3O3. The second-order valence-electron chi connectivity index (χ2n) is 10.7. The molecule has 1 aliphatic carbocycles. The van der Waals surface area contributed by atoms with E-state index >= 15 is 0 Å². The summed E-state index contributed by atoms with van der Waals surface area (Å²) in [5.41, 5.74) is -3.22. The van der Waals surface area contributed by atoms with Crippen molar-refractivity contribution in [1.29, 1.82) is 0 Å². The normalized spacial score (nSPS) is 30.4. The summed E-state index contributed by atoms with van der Waals surface area (Å²) in [7, 11) is 0. The van der Waals surface area contributed by atoms with Crippen LogP contribution in [0.1, 0.15) is 56.7 Å². The number of piperidine rings is 1. The fourth-order valence-electron chi connectivity index (χ4n) is 5.72. The molecule has 1 aromatic heterocycles. The smallest absolute Gasteiger partial charge is 0.418 e. The van der Waals surface area contributed by atoms with Gasteiger partial charge in [-0.05, 0) is 69.4 Å². The molecule has 5 rings (SSSR count). The summed E-state index contributed by atoms with van der Waals surface area (Å²) < 4.78 is 77.0. The lowest BCUT2D eigenvalue weighted by Crippen LogP contribution is -2.53. The van der Waals surface area contributed by atoms with Crippen molar-refractivity contribution >= 4 is 10.9 Å². The quantitative estimate of drug-likeness (QED) is 0.416. The Morgan fingerprint density at radius 3 is 2.38 bits per heavy atom. The molecule has 2 aromatic carbocycles. The lowest BCUT2D eigenvalue weighted by atomic mass is 9.77. The highest BCUT2D eigenvalue weighted by Gasteiger charge is 2.44. The van der Waals surface area contributed by atoms with E-state index in [0.29, 0.717) is 12.0 Å². The molecule has 3 aromatic rings. The molecule has 1 aliphatic heterocycles. The Bertz CT molecular complexity index is 1300. The molecule has 2 aliphatic rings. The first-order chi connectivity index (χ1) is 17.2. The predicted molar refractivity (Wildman–Crippen MR) is 125 cm³/mol. The van der Waals surface area contributed by atoms with Gasteiger partial charge in [0, 0.05) is 12.1 Å². The van der Waals surface area contributed by atoms with Crippen LogP contribution in [-0.2, 0) is 11.8 Å². The summed E-state index contributed by atoms with van der Waals surface area (Å²) in [6.45, 7) is 3.34. The molecule has 2 fully saturated rings. The van der Waals surface area contributed by atoms with Crippen LogP contribution in [0.3, 0.4) is 0 Å². The van der Waals surface area contributed by atoms with E-state index in [1.165, 1.54) is 30.3 Å². The largest absolute Gasteiger partial charge is 0.492 e. The number of nitrogens with zero attached hydrogens (tertiary/aromatic N) is 2. The van der Waals surface area contributed by atoms with Crippen molar-refractivity contribution in [3.05, 3.63) is 59.3 Å². The first kappa shape index (κ1) is 25.9. The second-order valence-corrected chi connectivity index (χ2v) is 10.7. The molecule has 3 atom stereocenters. The van der Waals surface area contributed by atoms with Gasteiger partial charge in [-0.3, -0.25) is 4.68 Å². The maximum atomic E-state index is 14.7. The number of hydrogen-bond acceptors (Lipinski definition) is 5. The van der Waals surface area contributed by atoms with Crippen LogP contribution in [0.2, 0.25) is 0 Å². The lowest BCUT2D eigenvalue weighted by Gasteiger charge is -2.41. The van der Waals surface area contributed by atoms with Gasteiger partial charge in [-0.15, -0.1) is 5.10 Å². The number of fused-ring (bicyclic) bond motifs is 1. The minimum absolute atomic E-state index is 0.0854. The van der Waals surface area contributed by atoms with Crippen LogP contribution in [-0.4, -0.2) is 44.3 Å². The number of halogens is 5. The summed E-state index contributed by atoms with van der Waals surface area (Å²) in [5.74, 6) is -1.65. The van der Waals surface area contributed by atoms with Gasteiger partial charge in [-0.2, -0.15) is 17.6 Å². The van der Waals surface area contributed by atoms with Crippen LogP contribution in [0.4, 0.5) is 22.0 Å². The Kier molecular flexibility index (Phi) is 6.24. The first-order valence-corrected chi connectivity index (χ1v) is 12.1. The number of ether oxygens (including phenoxy) is 1. The fourth-order valence-corrected chi connectivity index (χ4v) is 5.72. The third kappa shape index (κ3) is 5.04. The topological polar surface area (TPSA) is 79.5 Å². The number of nitrogens with one attached hydrogen (secondary N) is 1.